The number of amides is 1. The third-order valence-corrected chi connectivity index (χ3v) is 6.20. The fourth-order valence-electron chi connectivity index (χ4n) is 4.50. The number of nitrogens with zero attached hydrogens (tertiary/aromatic N) is 4. The molecule has 2 N–H and O–H groups in total. The van der Waals surface area contributed by atoms with E-state index in [4.69, 9.17) is 10.7 Å². The van der Waals surface area contributed by atoms with Gasteiger partial charge in [0, 0.05) is 29.9 Å². The van der Waals surface area contributed by atoms with Crippen LogP contribution in [0.5, 0.6) is 0 Å². The summed E-state index contributed by atoms with van der Waals surface area (Å²) in [5.41, 5.74) is 11.7. The molecule has 0 saturated heterocycles. The van der Waals surface area contributed by atoms with Crippen molar-refractivity contribution in [1.29, 1.82) is 0 Å². The Hall–Kier alpha value is -4.91. The van der Waals surface area contributed by atoms with Crippen LogP contribution in [0.25, 0.3) is 44.5 Å². The fraction of sp³-hybridized carbons (Fsp3) is 0.0345. The van der Waals surface area contributed by atoms with E-state index in [9.17, 15) is 9.18 Å². The zero-order valence-electron chi connectivity index (χ0n) is 19.1. The van der Waals surface area contributed by atoms with E-state index in [1.54, 1.807) is 30.6 Å². The van der Waals surface area contributed by atoms with Crippen LogP contribution in [0.3, 0.4) is 0 Å². The lowest BCUT2D eigenvalue weighted by Gasteiger charge is -2.13. The molecule has 0 bridgehead atoms. The number of imidazole rings is 1. The summed E-state index contributed by atoms with van der Waals surface area (Å²) >= 11 is 0. The molecular weight excluding hydrogens is 453 g/mol. The lowest BCUT2D eigenvalue weighted by atomic mass is 9.98. The van der Waals surface area contributed by atoms with Crippen LogP contribution in [-0.4, -0.2) is 25.4 Å². The van der Waals surface area contributed by atoms with Crippen LogP contribution in [0, 0.1) is 5.82 Å². The van der Waals surface area contributed by atoms with E-state index in [-0.39, 0.29) is 11.5 Å². The van der Waals surface area contributed by atoms with Gasteiger partial charge in [-0.1, -0.05) is 36.4 Å². The molecule has 0 fully saturated rings. The van der Waals surface area contributed by atoms with Gasteiger partial charge in [0.15, 0.2) is 0 Å². The summed E-state index contributed by atoms with van der Waals surface area (Å²) in [7, 11) is 0. The van der Waals surface area contributed by atoms with Crippen LogP contribution < -0.4 is 5.73 Å². The number of halogens is 1. The van der Waals surface area contributed by atoms with E-state index in [0.29, 0.717) is 12.1 Å². The number of primary amides is 1. The van der Waals surface area contributed by atoms with Gasteiger partial charge in [0.2, 0.25) is 0 Å². The SMILES string of the molecule is NC(=O)c1cc(-c2ccc(F)cc2)c2ccc(Cn3c(-c4cccnc4)nc4ccccc43)cc2n1. The first-order chi connectivity index (χ1) is 17.6. The van der Waals surface area contributed by atoms with E-state index in [1.807, 2.05) is 54.6 Å². The maximum absolute atomic E-state index is 13.5. The number of aromatic nitrogens is 4. The predicted molar refractivity (Wildman–Crippen MR) is 138 cm³/mol. The van der Waals surface area contributed by atoms with Crippen LogP contribution in [0.1, 0.15) is 16.1 Å². The van der Waals surface area contributed by atoms with Gasteiger partial charge in [0.05, 0.1) is 16.6 Å². The molecule has 0 unspecified atom stereocenters. The van der Waals surface area contributed by atoms with Gasteiger partial charge < -0.3 is 10.3 Å². The number of para-hydroxylation sites is 2. The second-order valence-electron chi connectivity index (χ2n) is 8.53. The molecule has 0 aliphatic rings. The molecule has 0 aliphatic carbocycles. The average molecular weight is 474 g/mol. The highest BCUT2D eigenvalue weighted by Crippen LogP contribution is 2.31. The molecule has 6 nitrogen and oxygen atoms in total. The van der Waals surface area contributed by atoms with E-state index in [0.717, 1.165) is 44.5 Å². The Balaban J connectivity index is 1.50. The van der Waals surface area contributed by atoms with Gasteiger partial charge >= 0.3 is 0 Å². The maximum atomic E-state index is 13.5. The summed E-state index contributed by atoms with van der Waals surface area (Å²) < 4.78 is 15.7. The van der Waals surface area contributed by atoms with Crippen molar-refractivity contribution in [2.45, 2.75) is 6.54 Å². The number of nitrogens with two attached hydrogens (primary N) is 1. The summed E-state index contributed by atoms with van der Waals surface area (Å²) in [6.45, 7) is 0.537. The predicted octanol–water partition coefficient (Wildman–Crippen LogP) is 5.60. The Labute approximate surface area is 205 Å². The molecule has 0 saturated carbocycles. The molecule has 3 aromatic heterocycles. The standard InChI is InChI=1S/C29H20FN5O/c30-21-10-8-19(9-11-21)23-15-26(28(31)36)33-25-14-18(7-12-22(23)25)17-35-27-6-2-1-5-24(27)34-29(35)20-4-3-13-32-16-20/h1-16H,17H2,(H2,31,36). The van der Waals surface area contributed by atoms with E-state index in [2.05, 4.69) is 14.5 Å². The minimum absolute atomic E-state index is 0.156. The molecule has 0 radical (unpaired) electrons. The monoisotopic (exact) mass is 473 g/mol. The Morgan fingerprint density at radius 3 is 2.47 bits per heavy atom. The molecule has 6 aromatic rings. The number of carbonyl (C=O) groups excluding carboxylic acids is 1. The summed E-state index contributed by atoms with van der Waals surface area (Å²) in [5, 5.41) is 0.846. The van der Waals surface area contributed by atoms with Gasteiger partial charge in [-0.15, -0.1) is 0 Å². The van der Waals surface area contributed by atoms with E-state index in [1.165, 1.54) is 12.1 Å². The largest absolute Gasteiger partial charge is 0.364 e. The van der Waals surface area contributed by atoms with Crippen molar-refractivity contribution in [3.63, 3.8) is 0 Å². The second-order valence-corrected chi connectivity index (χ2v) is 8.53. The molecule has 3 heterocycles. The number of pyridine rings is 2. The van der Waals surface area contributed by atoms with Crippen molar-refractivity contribution in [3.8, 4) is 22.5 Å². The number of benzene rings is 3. The molecule has 0 aliphatic heterocycles. The van der Waals surface area contributed by atoms with Gasteiger partial charge in [-0.3, -0.25) is 9.78 Å². The van der Waals surface area contributed by atoms with E-state index < -0.39 is 5.91 Å². The first-order valence-corrected chi connectivity index (χ1v) is 11.4. The van der Waals surface area contributed by atoms with E-state index >= 15 is 0 Å². The van der Waals surface area contributed by atoms with Crippen molar-refractivity contribution >= 4 is 27.8 Å². The topological polar surface area (TPSA) is 86.7 Å². The molecule has 0 spiro atoms. The van der Waals surface area contributed by atoms with Crippen molar-refractivity contribution < 1.29 is 9.18 Å². The molecule has 7 heteroatoms. The molecular formula is C29H20FN5O. The highest BCUT2D eigenvalue weighted by Gasteiger charge is 2.15. The minimum atomic E-state index is -0.620. The number of hydrogen-bond acceptors (Lipinski definition) is 4. The lowest BCUT2D eigenvalue weighted by Crippen LogP contribution is -2.13. The Morgan fingerprint density at radius 2 is 1.69 bits per heavy atom. The van der Waals surface area contributed by atoms with Crippen LogP contribution in [0.2, 0.25) is 0 Å². The molecule has 6 rings (SSSR count). The third kappa shape index (κ3) is 3.86. The van der Waals surface area contributed by atoms with Crippen LogP contribution in [0.4, 0.5) is 4.39 Å². The Kier molecular flexibility index (Phi) is 5.22. The minimum Gasteiger partial charge on any atom is -0.364 e. The van der Waals surface area contributed by atoms with Crippen molar-refractivity contribution in [1.82, 2.24) is 19.5 Å². The highest BCUT2D eigenvalue weighted by molar-refractivity contribution is 6.01. The Morgan fingerprint density at radius 1 is 0.861 bits per heavy atom. The number of hydrogen-bond donors (Lipinski definition) is 1. The quantitative estimate of drug-likeness (QED) is 0.353. The first-order valence-electron chi connectivity index (χ1n) is 11.4. The smallest absolute Gasteiger partial charge is 0.267 e. The van der Waals surface area contributed by atoms with Crippen molar-refractivity contribution in [3.05, 3.63) is 114 Å². The normalized spacial score (nSPS) is 11.2. The van der Waals surface area contributed by atoms with Gasteiger partial charge in [0.1, 0.15) is 17.3 Å². The lowest BCUT2D eigenvalue weighted by molar-refractivity contribution is 0.0996. The highest BCUT2D eigenvalue weighted by atomic mass is 19.1. The molecule has 36 heavy (non-hydrogen) atoms. The number of carbonyl (C=O) groups is 1. The summed E-state index contributed by atoms with van der Waals surface area (Å²) in [6.07, 6.45) is 3.54. The summed E-state index contributed by atoms with van der Waals surface area (Å²) in [4.78, 5) is 25.7. The van der Waals surface area contributed by atoms with Crippen molar-refractivity contribution in [2.24, 2.45) is 5.73 Å². The average Bonchev–Trinajstić information content (AvgIpc) is 3.27. The van der Waals surface area contributed by atoms with Gasteiger partial charge in [-0.2, -0.15) is 0 Å². The summed E-state index contributed by atoms with van der Waals surface area (Å²) in [6, 6.07) is 25.6. The number of rotatable bonds is 5. The maximum Gasteiger partial charge on any atom is 0.267 e. The van der Waals surface area contributed by atoms with Gasteiger partial charge in [-0.25, -0.2) is 14.4 Å². The Bertz CT molecular complexity index is 1740. The number of fused-ring (bicyclic) bond motifs is 2. The first kappa shape index (κ1) is 21.6. The van der Waals surface area contributed by atoms with Crippen LogP contribution in [-0.2, 0) is 6.54 Å². The van der Waals surface area contributed by atoms with Gasteiger partial charge in [0.25, 0.3) is 5.91 Å². The molecule has 3 aromatic carbocycles. The van der Waals surface area contributed by atoms with Gasteiger partial charge in [-0.05, 0) is 65.2 Å². The molecule has 174 valence electrons. The molecule has 0 atom stereocenters. The zero-order valence-corrected chi connectivity index (χ0v) is 19.1. The second kappa shape index (κ2) is 8.70. The third-order valence-electron chi connectivity index (χ3n) is 6.20. The van der Waals surface area contributed by atoms with Crippen LogP contribution in [0.15, 0.2) is 97.3 Å². The zero-order chi connectivity index (χ0) is 24.6. The fourth-order valence-corrected chi connectivity index (χ4v) is 4.50. The van der Waals surface area contributed by atoms with Crippen LogP contribution >= 0.6 is 0 Å². The van der Waals surface area contributed by atoms with Crippen molar-refractivity contribution in [2.75, 3.05) is 0 Å². The summed E-state index contributed by atoms with van der Waals surface area (Å²) in [5.74, 6) is -0.133. The molecule has 1 amide bonds.